The number of hydrogen-bond acceptors (Lipinski definition) is 5. The van der Waals surface area contributed by atoms with Gasteiger partial charge in [0.05, 0.1) is 11.3 Å². The summed E-state index contributed by atoms with van der Waals surface area (Å²) in [4.78, 5) is 20.1. The molecule has 4 heterocycles. The van der Waals surface area contributed by atoms with Crippen molar-refractivity contribution in [3.63, 3.8) is 0 Å². The van der Waals surface area contributed by atoms with E-state index in [9.17, 15) is 4.79 Å². The Morgan fingerprint density at radius 1 is 0.879 bits per heavy atom. The zero-order valence-corrected chi connectivity index (χ0v) is 17.3. The van der Waals surface area contributed by atoms with Crippen molar-refractivity contribution in [2.45, 2.75) is 0 Å². The highest BCUT2D eigenvalue weighted by Gasteiger charge is 2.14. The number of pyridine rings is 1. The smallest absolute Gasteiger partial charge is 0.257 e. The molecule has 8 nitrogen and oxygen atoms in total. The summed E-state index contributed by atoms with van der Waals surface area (Å²) in [5.41, 5.74) is 5.33. The Labute approximate surface area is 188 Å². The lowest BCUT2D eigenvalue weighted by atomic mass is 10.1. The number of aromatic nitrogens is 6. The van der Waals surface area contributed by atoms with Gasteiger partial charge in [-0.1, -0.05) is 30.3 Å². The average molecular weight is 431 g/mol. The van der Waals surface area contributed by atoms with E-state index in [4.69, 9.17) is 5.10 Å². The summed E-state index contributed by atoms with van der Waals surface area (Å²) in [6.45, 7) is 0. The van der Waals surface area contributed by atoms with E-state index in [0.717, 1.165) is 27.7 Å². The van der Waals surface area contributed by atoms with E-state index >= 15 is 0 Å². The van der Waals surface area contributed by atoms with Crippen LogP contribution in [0.3, 0.4) is 0 Å². The van der Waals surface area contributed by atoms with Crippen molar-refractivity contribution in [1.82, 2.24) is 29.8 Å². The predicted octanol–water partition coefficient (Wildman–Crippen LogP) is 4.59. The van der Waals surface area contributed by atoms with Gasteiger partial charge in [0.1, 0.15) is 0 Å². The molecule has 0 saturated heterocycles. The largest absolute Gasteiger partial charge is 0.360 e. The van der Waals surface area contributed by atoms with E-state index < -0.39 is 0 Å². The molecule has 0 saturated carbocycles. The Bertz CT molecular complexity index is 1620. The quantitative estimate of drug-likeness (QED) is 0.425. The molecule has 4 aromatic heterocycles. The summed E-state index contributed by atoms with van der Waals surface area (Å²) in [6, 6.07) is 22.8. The lowest BCUT2D eigenvalue weighted by Crippen LogP contribution is -2.11. The molecule has 0 spiro atoms. The third-order valence-corrected chi connectivity index (χ3v) is 5.45. The molecule has 8 heteroatoms. The molecule has 6 rings (SSSR count). The number of para-hydroxylation sites is 1. The van der Waals surface area contributed by atoms with Gasteiger partial charge in [-0.3, -0.25) is 9.78 Å². The molecule has 6 aromatic rings. The van der Waals surface area contributed by atoms with Gasteiger partial charge in [0.15, 0.2) is 11.5 Å². The van der Waals surface area contributed by atoms with Crippen LogP contribution in [0, 0.1) is 0 Å². The number of anilines is 1. The molecule has 0 aliphatic carbocycles. The average Bonchev–Trinajstić information content (AvgIpc) is 3.49. The maximum atomic E-state index is 12.9. The molecule has 1 amide bonds. The topological polar surface area (TPSA) is 101 Å². The maximum Gasteiger partial charge on any atom is 0.257 e. The van der Waals surface area contributed by atoms with E-state index in [1.54, 1.807) is 23.1 Å². The molecule has 0 aliphatic rings. The van der Waals surface area contributed by atoms with Gasteiger partial charge >= 0.3 is 0 Å². The number of carbonyl (C=O) groups excluding carboxylic acids is 1. The van der Waals surface area contributed by atoms with Crippen LogP contribution in [0.25, 0.3) is 39.2 Å². The number of nitrogens with one attached hydrogen (secondary N) is 2. The van der Waals surface area contributed by atoms with Crippen LogP contribution < -0.4 is 5.32 Å². The van der Waals surface area contributed by atoms with Crippen LogP contribution in [0.2, 0.25) is 0 Å². The van der Waals surface area contributed by atoms with Crippen LogP contribution in [0.4, 0.5) is 5.69 Å². The summed E-state index contributed by atoms with van der Waals surface area (Å²) < 4.78 is 1.71. The van der Waals surface area contributed by atoms with Crippen LogP contribution in [0.15, 0.2) is 91.4 Å². The van der Waals surface area contributed by atoms with E-state index in [-0.39, 0.29) is 5.91 Å². The molecule has 158 valence electrons. The molecule has 2 N–H and O–H groups in total. The van der Waals surface area contributed by atoms with Crippen LogP contribution in [0.5, 0.6) is 0 Å². The van der Waals surface area contributed by atoms with Gasteiger partial charge in [0.2, 0.25) is 0 Å². The van der Waals surface area contributed by atoms with Crippen LogP contribution in [-0.2, 0) is 0 Å². The monoisotopic (exact) mass is 431 g/mol. The van der Waals surface area contributed by atoms with Crippen molar-refractivity contribution in [3.05, 3.63) is 97.0 Å². The summed E-state index contributed by atoms with van der Waals surface area (Å²) >= 11 is 0. The van der Waals surface area contributed by atoms with Crippen molar-refractivity contribution >= 4 is 28.1 Å². The van der Waals surface area contributed by atoms with Crippen LogP contribution in [-0.4, -0.2) is 35.7 Å². The first kappa shape index (κ1) is 18.9. The summed E-state index contributed by atoms with van der Waals surface area (Å²) in [5, 5.41) is 17.1. The molecule has 0 fully saturated rings. The fraction of sp³-hybridized carbons (Fsp3) is 0. The van der Waals surface area contributed by atoms with Gasteiger partial charge in [-0.05, 0) is 42.5 Å². The molecule has 0 atom stereocenters. The van der Waals surface area contributed by atoms with Crippen molar-refractivity contribution in [2.24, 2.45) is 0 Å². The number of aromatic amines is 1. The molecule has 0 unspecified atom stereocenters. The first-order valence-corrected chi connectivity index (χ1v) is 10.4. The first-order chi connectivity index (χ1) is 16.3. The maximum absolute atomic E-state index is 12.9. The van der Waals surface area contributed by atoms with Gasteiger partial charge < -0.3 is 10.3 Å². The fourth-order valence-corrected chi connectivity index (χ4v) is 3.84. The number of fused-ring (bicyclic) bond motifs is 2. The predicted molar refractivity (Wildman–Crippen MR) is 126 cm³/mol. The first-order valence-electron chi connectivity index (χ1n) is 10.4. The highest BCUT2D eigenvalue weighted by atomic mass is 16.1. The fourth-order valence-electron chi connectivity index (χ4n) is 3.84. The normalized spacial score (nSPS) is 11.2. The lowest BCUT2D eigenvalue weighted by molar-refractivity contribution is 0.102. The highest BCUT2D eigenvalue weighted by Crippen LogP contribution is 2.24. The Hall–Kier alpha value is -4.85. The van der Waals surface area contributed by atoms with Gasteiger partial charge in [0.25, 0.3) is 5.91 Å². The van der Waals surface area contributed by atoms with E-state index in [2.05, 4.69) is 25.5 Å². The Morgan fingerprint density at radius 3 is 2.67 bits per heavy atom. The molecule has 33 heavy (non-hydrogen) atoms. The minimum atomic E-state index is -0.174. The molecule has 0 bridgehead atoms. The van der Waals surface area contributed by atoms with E-state index in [1.807, 2.05) is 72.8 Å². The third-order valence-electron chi connectivity index (χ3n) is 5.45. The summed E-state index contributed by atoms with van der Waals surface area (Å²) in [5.74, 6) is 0.463. The number of carbonyl (C=O) groups is 1. The number of H-pyrrole nitrogens is 1. The number of hydrogen-bond donors (Lipinski definition) is 2. The molecule has 0 radical (unpaired) electrons. The van der Waals surface area contributed by atoms with E-state index in [0.29, 0.717) is 22.7 Å². The minimum absolute atomic E-state index is 0.174. The van der Waals surface area contributed by atoms with Gasteiger partial charge in [-0.25, -0.2) is 0 Å². The third kappa shape index (κ3) is 3.39. The van der Waals surface area contributed by atoms with Crippen molar-refractivity contribution < 1.29 is 4.79 Å². The van der Waals surface area contributed by atoms with Crippen LogP contribution in [0.1, 0.15) is 10.4 Å². The standard InChI is InChI=1S/C25H17N7O/c33-25(20-15-27-22-7-2-1-6-19(20)22)28-18-5-3-4-17(14-18)21-8-9-23-29-30-24(32(23)31-21)16-10-12-26-13-11-16/h1-15,27H,(H,28,33). The number of benzene rings is 2. The van der Waals surface area contributed by atoms with Gasteiger partial charge in [0, 0.05) is 46.3 Å². The number of amides is 1. The summed E-state index contributed by atoms with van der Waals surface area (Å²) in [7, 11) is 0. The number of nitrogens with zero attached hydrogens (tertiary/aromatic N) is 5. The van der Waals surface area contributed by atoms with Crippen LogP contribution >= 0.6 is 0 Å². The molecule has 0 aliphatic heterocycles. The second-order valence-corrected chi connectivity index (χ2v) is 7.53. The highest BCUT2D eigenvalue weighted by molar-refractivity contribution is 6.12. The Morgan fingerprint density at radius 2 is 1.76 bits per heavy atom. The molecule has 2 aromatic carbocycles. The van der Waals surface area contributed by atoms with Gasteiger partial charge in [-0.2, -0.15) is 9.61 Å². The second-order valence-electron chi connectivity index (χ2n) is 7.53. The zero-order chi connectivity index (χ0) is 22.2. The van der Waals surface area contributed by atoms with Gasteiger partial charge in [-0.15, -0.1) is 10.2 Å². The van der Waals surface area contributed by atoms with Crippen molar-refractivity contribution in [3.8, 4) is 22.6 Å². The molecular weight excluding hydrogens is 414 g/mol. The SMILES string of the molecule is O=C(Nc1cccc(-c2ccc3nnc(-c4ccncc4)n3n2)c1)c1c[nH]c2ccccc12. The number of rotatable bonds is 4. The molecular formula is C25H17N7O. The van der Waals surface area contributed by atoms with Crippen molar-refractivity contribution in [1.29, 1.82) is 0 Å². The lowest BCUT2D eigenvalue weighted by Gasteiger charge is -2.08. The zero-order valence-electron chi connectivity index (χ0n) is 17.3. The summed E-state index contributed by atoms with van der Waals surface area (Å²) in [6.07, 6.45) is 5.15. The Kier molecular flexibility index (Phi) is 4.40. The van der Waals surface area contributed by atoms with E-state index in [1.165, 1.54) is 0 Å². The Balaban J connectivity index is 1.33. The minimum Gasteiger partial charge on any atom is -0.360 e. The second kappa shape index (κ2) is 7.69. The van der Waals surface area contributed by atoms with Crippen molar-refractivity contribution in [2.75, 3.05) is 5.32 Å².